The Morgan fingerprint density at radius 1 is 1.32 bits per heavy atom. The minimum atomic E-state index is -3.46. The Labute approximate surface area is 114 Å². The molecule has 6 nitrogen and oxygen atoms in total. The maximum Gasteiger partial charge on any atom is 0.307 e. The number of hydrogen-bond acceptors (Lipinski definition) is 5. The maximum atomic E-state index is 11.8. The van der Waals surface area contributed by atoms with Gasteiger partial charge in [0.1, 0.15) is 5.75 Å². The SMILES string of the molecule is C=CCS(=O)(=O)CC(=O)N(CC)CCC(=O)OCC. The smallest absolute Gasteiger partial charge is 0.307 e. The molecular formula is C12H21NO5S. The third kappa shape index (κ3) is 7.61. The Hall–Kier alpha value is -1.37. The summed E-state index contributed by atoms with van der Waals surface area (Å²) < 4.78 is 27.7. The fourth-order valence-electron chi connectivity index (χ4n) is 1.44. The van der Waals surface area contributed by atoms with Crippen molar-refractivity contribution in [1.29, 1.82) is 0 Å². The molecule has 0 aliphatic rings. The fourth-order valence-corrected chi connectivity index (χ4v) is 2.47. The van der Waals surface area contributed by atoms with Gasteiger partial charge in [-0.3, -0.25) is 9.59 Å². The summed E-state index contributed by atoms with van der Waals surface area (Å²) in [5.41, 5.74) is 0. The number of amides is 1. The van der Waals surface area contributed by atoms with Crippen LogP contribution in [0.1, 0.15) is 20.3 Å². The van der Waals surface area contributed by atoms with Gasteiger partial charge in [-0.05, 0) is 13.8 Å². The van der Waals surface area contributed by atoms with Crippen LogP contribution in [0.5, 0.6) is 0 Å². The van der Waals surface area contributed by atoms with Gasteiger partial charge < -0.3 is 9.64 Å². The summed E-state index contributed by atoms with van der Waals surface area (Å²) in [6.45, 7) is 7.55. The molecule has 0 radical (unpaired) electrons. The summed E-state index contributed by atoms with van der Waals surface area (Å²) in [6, 6.07) is 0. The highest BCUT2D eigenvalue weighted by Crippen LogP contribution is 1.99. The van der Waals surface area contributed by atoms with Crippen molar-refractivity contribution >= 4 is 21.7 Å². The van der Waals surface area contributed by atoms with Crippen LogP contribution in [-0.4, -0.2) is 56.4 Å². The summed E-state index contributed by atoms with van der Waals surface area (Å²) in [5.74, 6) is -1.69. The van der Waals surface area contributed by atoms with Crippen molar-refractivity contribution < 1.29 is 22.7 Å². The number of carbonyl (C=O) groups excluding carboxylic acids is 2. The van der Waals surface area contributed by atoms with Gasteiger partial charge in [0.15, 0.2) is 9.84 Å². The largest absolute Gasteiger partial charge is 0.466 e. The maximum absolute atomic E-state index is 11.8. The normalized spacial score (nSPS) is 10.8. The van der Waals surface area contributed by atoms with E-state index in [1.54, 1.807) is 13.8 Å². The van der Waals surface area contributed by atoms with Crippen LogP contribution < -0.4 is 0 Å². The molecule has 0 spiro atoms. The van der Waals surface area contributed by atoms with Gasteiger partial charge >= 0.3 is 5.97 Å². The third-order valence-corrected chi connectivity index (χ3v) is 3.77. The van der Waals surface area contributed by atoms with Gasteiger partial charge in [-0.25, -0.2) is 8.42 Å². The average Bonchev–Trinajstić information content (AvgIpc) is 2.29. The predicted molar refractivity (Wildman–Crippen MR) is 72.4 cm³/mol. The Bertz CT molecular complexity index is 416. The van der Waals surface area contributed by atoms with Crippen LogP contribution in [-0.2, 0) is 24.2 Å². The van der Waals surface area contributed by atoms with E-state index in [4.69, 9.17) is 4.74 Å². The van der Waals surface area contributed by atoms with Crippen LogP contribution in [0, 0.1) is 0 Å². The van der Waals surface area contributed by atoms with Gasteiger partial charge in [-0.2, -0.15) is 0 Å². The van der Waals surface area contributed by atoms with Crippen LogP contribution in [0.25, 0.3) is 0 Å². The predicted octanol–water partition coefficient (Wildman–Crippen LogP) is 0.389. The zero-order valence-electron chi connectivity index (χ0n) is 11.4. The minimum Gasteiger partial charge on any atom is -0.466 e. The number of ether oxygens (including phenoxy) is 1. The first-order valence-electron chi connectivity index (χ1n) is 6.11. The van der Waals surface area contributed by atoms with E-state index in [-0.39, 0.29) is 25.3 Å². The monoisotopic (exact) mass is 291 g/mol. The van der Waals surface area contributed by atoms with E-state index < -0.39 is 27.5 Å². The second-order valence-electron chi connectivity index (χ2n) is 3.87. The molecule has 0 aromatic carbocycles. The molecule has 0 saturated carbocycles. The van der Waals surface area contributed by atoms with Gasteiger partial charge in [-0.15, -0.1) is 6.58 Å². The lowest BCUT2D eigenvalue weighted by Crippen LogP contribution is -2.37. The Kier molecular flexibility index (Phi) is 8.06. The molecule has 0 fully saturated rings. The molecule has 0 bridgehead atoms. The fraction of sp³-hybridized carbons (Fsp3) is 0.667. The van der Waals surface area contributed by atoms with E-state index in [1.165, 1.54) is 11.0 Å². The minimum absolute atomic E-state index is 0.0644. The summed E-state index contributed by atoms with van der Waals surface area (Å²) in [4.78, 5) is 24.3. The van der Waals surface area contributed by atoms with Crippen LogP contribution in [0.15, 0.2) is 12.7 Å². The van der Waals surface area contributed by atoms with E-state index in [1.807, 2.05) is 0 Å². The Morgan fingerprint density at radius 2 is 1.95 bits per heavy atom. The molecule has 0 heterocycles. The van der Waals surface area contributed by atoms with Crippen LogP contribution in [0.4, 0.5) is 0 Å². The van der Waals surface area contributed by atoms with Crippen molar-refractivity contribution in [2.24, 2.45) is 0 Å². The quantitative estimate of drug-likeness (QED) is 0.453. The lowest BCUT2D eigenvalue weighted by atomic mass is 10.3. The zero-order chi connectivity index (χ0) is 14.9. The van der Waals surface area contributed by atoms with Gasteiger partial charge in [0.25, 0.3) is 0 Å². The van der Waals surface area contributed by atoms with E-state index in [0.717, 1.165) is 0 Å². The van der Waals surface area contributed by atoms with Crippen LogP contribution in [0.2, 0.25) is 0 Å². The van der Waals surface area contributed by atoms with E-state index in [0.29, 0.717) is 6.54 Å². The topological polar surface area (TPSA) is 80.8 Å². The van der Waals surface area contributed by atoms with E-state index in [2.05, 4.69) is 6.58 Å². The first-order chi connectivity index (χ1) is 8.86. The lowest BCUT2D eigenvalue weighted by Gasteiger charge is -2.20. The lowest BCUT2D eigenvalue weighted by molar-refractivity contribution is -0.143. The first kappa shape index (κ1) is 17.6. The van der Waals surface area contributed by atoms with Gasteiger partial charge in [0, 0.05) is 13.1 Å². The number of esters is 1. The molecule has 0 rings (SSSR count). The first-order valence-corrected chi connectivity index (χ1v) is 7.93. The van der Waals surface area contributed by atoms with Crippen molar-refractivity contribution in [1.82, 2.24) is 4.90 Å². The highest BCUT2D eigenvalue weighted by molar-refractivity contribution is 7.92. The Balaban J connectivity index is 4.40. The summed E-state index contributed by atoms with van der Waals surface area (Å²) in [7, 11) is -3.46. The third-order valence-electron chi connectivity index (χ3n) is 2.34. The molecule has 1 amide bonds. The molecule has 0 N–H and O–H groups in total. The summed E-state index contributed by atoms with van der Waals surface area (Å²) >= 11 is 0. The van der Waals surface area contributed by atoms with Crippen LogP contribution >= 0.6 is 0 Å². The molecule has 0 aliphatic carbocycles. The second-order valence-corrected chi connectivity index (χ2v) is 5.98. The Morgan fingerprint density at radius 3 is 2.42 bits per heavy atom. The van der Waals surface area contributed by atoms with Gasteiger partial charge in [0.05, 0.1) is 18.8 Å². The summed E-state index contributed by atoms with van der Waals surface area (Å²) in [6.07, 6.45) is 1.31. The number of rotatable bonds is 9. The van der Waals surface area contributed by atoms with Crippen molar-refractivity contribution in [3.8, 4) is 0 Å². The standard InChI is InChI=1S/C12H21NO5S/c1-4-9-19(16,17)10-11(14)13(5-2)8-7-12(15)18-6-3/h4H,1,5-10H2,2-3H3. The molecule has 7 heteroatoms. The number of nitrogens with zero attached hydrogens (tertiary/aromatic N) is 1. The molecule has 0 atom stereocenters. The molecular weight excluding hydrogens is 270 g/mol. The average molecular weight is 291 g/mol. The number of hydrogen-bond donors (Lipinski definition) is 0. The molecule has 0 saturated heterocycles. The number of carbonyl (C=O) groups is 2. The molecule has 110 valence electrons. The van der Waals surface area contributed by atoms with Crippen LogP contribution in [0.3, 0.4) is 0 Å². The molecule has 0 aliphatic heterocycles. The number of sulfone groups is 1. The highest BCUT2D eigenvalue weighted by atomic mass is 32.2. The van der Waals surface area contributed by atoms with Crippen molar-refractivity contribution in [2.75, 3.05) is 31.2 Å². The van der Waals surface area contributed by atoms with Gasteiger partial charge in [-0.1, -0.05) is 6.08 Å². The molecule has 19 heavy (non-hydrogen) atoms. The van der Waals surface area contributed by atoms with Crippen molar-refractivity contribution in [3.05, 3.63) is 12.7 Å². The molecule has 0 aromatic heterocycles. The van der Waals surface area contributed by atoms with E-state index in [9.17, 15) is 18.0 Å². The molecule has 0 aromatic rings. The van der Waals surface area contributed by atoms with Crippen molar-refractivity contribution in [2.45, 2.75) is 20.3 Å². The van der Waals surface area contributed by atoms with E-state index >= 15 is 0 Å². The van der Waals surface area contributed by atoms with Gasteiger partial charge in [0.2, 0.25) is 5.91 Å². The molecule has 0 unspecified atom stereocenters. The zero-order valence-corrected chi connectivity index (χ0v) is 12.2. The highest BCUT2D eigenvalue weighted by Gasteiger charge is 2.20. The van der Waals surface area contributed by atoms with Crippen molar-refractivity contribution in [3.63, 3.8) is 0 Å². The summed E-state index contributed by atoms with van der Waals surface area (Å²) in [5, 5.41) is 0. The second kappa shape index (κ2) is 8.68.